The van der Waals surface area contributed by atoms with E-state index in [4.69, 9.17) is 4.74 Å². The number of anilines is 1. The molecular weight excluding hydrogens is 372 g/mol. The third-order valence-corrected chi connectivity index (χ3v) is 5.32. The van der Waals surface area contributed by atoms with Crippen LogP contribution in [0.4, 0.5) is 5.82 Å². The number of methoxy groups -OCH3 is 1. The van der Waals surface area contributed by atoms with Gasteiger partial charge in [-0.25, -0.2) is 4.98 Å². The first-order valence-corrected chi connectivity index (χ1v) is 10.4. The van der Waals surface area contributed by atoms with Crippen LogP contribution < -0.4 is 20.3 Å². The number of ether oxygens (including phenoxy) is 1. The molecule has 3 rings (SSSR count). The summed E-state index contributed by atoms with van der Waals surface area (Å²) in [5.74, 6) is 1.82. The van der Waals surface area contributed by atoms with Gasteiger partial charge in [-0.2, -0.15) is 0 Å². The number of aromatic nitrogens is 1. The molecule has 1 atom stereocenters. The van der Waals surface area contributed by atoms with Crippen LogP contribution in [0.3, 0.4) is 0 Å². The molecule has 2 aromatic carbocycles. The zero-order chi connectivity index (χ0) is 21.3. The van der Waals surface area contributed by atoms with Crippen molar-refractivity contribution in [1.29, 1.82) is 0 Å². The monoisotopic (exact) mass is 404 g/mol. The lowest BCUT2D eigenvalue weighted by molar-refractivity contribution is 0.416. The zero-order valence-electron chi connectivity index (χ0n) is 18.4. The Hall–Kier alpha value is -2.89. The van der Waals surface area contributed by atoms with Crippen LogP contribution in [0.5, 0.6) is 5.75 Å². The maximum absolute atomic E-state index is 5.61. The van der Waals surface area contributed by atoms with E-state index in [-0.39, 0.29) is 6.04 Å². The van der Waals surface area contributed by atoms with Gasteiger partial charge in [-0.1, -0.05) is 36.4 Å². The molecule has 0 aliphatic carbocycles. The van der Waals surface area contributed by atoms with E-state index < -0.39 is 0 Å². The van der Waals surface area contributed by atoms with Gasteiger partial charge in [-0.3, -0.25) is 0 Å². The Balaban J connectivity index is 1.74. The fourth-order valence-corrected chi connectivity index (χ4v) is 3.39. The molecule has 5 heteroatoms. The number of nitrogens with one attached hydrogen (secondary N) is 2. The van der Waals surface area contributed by atoms with Gasteiger partial charge in [0.1, 0.15) is 11.6 Å². The van der Waals surface area contributed by atoms with Gasteiger partial charge in [-0.05, 0) is 49.4 Å². The molecule has 1 aromatic heterocycles. The van der Waals surface area contributed by atoms with E-state index >= 15 is 0 Å². The molecule has 3 aromatic rings. The molecule has 0 amide bonds. The summed E-state index contributed by atoms with van der Waals surface area (Å²) >= 11 is 0. The van der Waals surface area contributed by atoms with E-state index in [1.54, 1.807) is 7.11 Å². The third-order valence-electron chi connectivity index (χ3n) is 5.32. The van der Waals surface area contributed by atoms with E-state index in [0.717, 1.165) is 42.3 Å². The van der Waals surface area contributed by atoms with E-state index in [1.807, 2.05) is 25.4 Å². The molecule has 0 bridgehead atoms. The van der Waals surface area contributed by atoms with Gasteiger partial charge < -0.3 is 20.3 Å². The molecule has 1 heterocycles. The first-order valence-electron chi connectivity index (χ1n) is 10.4. The zero-order valence-corrected chi connectivity index (χ0v) is 18.4. The first-order chi connectivity index (χ1) is 14.6. The van der Waals surface area contributed by atoms with Gasteiger partial charge in [-0.15, -0.1) is 0 Å². The third kappa shape index (κ3) is 5.59. The summed E-state index contributed by atoms with van der Waals surface area (Å²) in [6, 6.07) is 21.3. The van der Waals surface area contributed by atoms with Gasteiger partial charge in [0.2, 0.25) is 0 Å². The van der Waals surface area contributed by atoms with Crippen LogP contribution in [0.15, 0.2) is 66.9 Å². The largest absolute Gasteiger partial charge is 0.496 e. The van der Waals surface area contributed by atoms with Crippen LogP contribution in [-0.2, 0) is 6.54 Å². The molecular formula is C25H32N4O. The molecule has 0 saturated carbocycles. The Bertz CT molecular complexity index is 912. The van der Waals surface area contributed by atoms with Crippen molar-refractivity contribution in [2.75, 3.05) is 39.2 Å². The number of rotatable bonds is 10. The fourth-order valence-electron chi connectivity index (χ4n) is 3.39. The molecule has 0 spiro atoms. The van der Waals surface area contributed by atoms with Crippen molar-refractivity contribution in [2.45, 2.75) is 19.5 Å². The van der Waals surface area contributed by atoms with Crippen molar-refractivity contribution >= 4 is 5.82 Å². The summed E-state index contributed by atoms with van der Waals surface area (Å²) in [5.41, 5.74) is 4.61. The molecule has 0 aliphatic heterocycles. The Labute approximate surface area is 180 Å². The maximum atomic E-state index is 5.61. The summed E-state index contributed by atoms with van der Waals surface area (Å²) < 4.78 is 5.61. The quantitative estimate of drug-likeness (QED) is 0.529. The summed E-state index contributed by atoms with van der Waals surface area (Å²) in [6.07, 6.45) is 1.92. The van der Waals surface area contributed by atoms with Crippen molar-refractivity contribution in [3.63, 3.8) is 0 Å². The molecule has 0 radical (unpaired) electrons. The average Bonchev–Trinajstić information content (AvgIpc) is 2.81. The predicted octanol–water partition coefficient (Wildman–Crippen LogP) is 4.26. The number of nitrogens with zero attached hydrogens (tertiary/aromatic N) is 2. The fraction of sp³-hybridized carbons (Fsp3) is 0.320. The van der Waals surface area contributed by atoms with Crippen LogP contribution in [0.25, 0.3) is 11.1 Å². The van der Waals surface area contributed by atoms with Gasteiger partial charge in [0.25, 0.3) is 0 Å². The predicted molar refractivity (Wildman–Crippen MR) is 125 cm³/mol. The standard InChI is InChI=1S/C25H32N4O/c1-19(21-8-6-5-7-9-21)27-17-20-10-12-24(30-4)23(16-20)22-11-13-25(28-18-22)29(3)15-14-26-2/h5-13,16,18-19,26-27H,14-15,17H2,1-4H3/t19-/m1/s1. The molecule has 0 saturated heterocycles. The minimum atomic E-state index is 0.283. The Morgan fingerprint density at radius 2 is 1.87 bits per heavy atom. The number of benzene rings is 2. The van der Waals surface area contributed by atoms with Crippen molar-refractivity contribution < 1.29 is 4.74 Å². The van der Waals surface area contributed by atoms with Gasteiger partial charge >= 0.3 is 0 Å². The smallest absolute Gasteiger partial charge is 0.128 e. The number of likely N-dealkylation sites (N-methyl/N-ethyl adjacent to an activating group) is 2. The molecule has 0 fully saturated rings. The minimum absolute atomic E-state index is 0.283. The van der Waals surface area contributed by atoms with E-state index in [2.05, 4.69) is 83.0 Å². The SMILES string of the molecule is CNCCN(C)c1ccc(-c2cc(CN[C@H](C)c3ccccc3)ccc2OC)cn1. The van der Waals surface area contributed by atoms with Crippen molar-refractivity contribution in [3.8, 4) is 16.9 Å². The second-order valence-electron chi connectivity index (χ2n) is 7.48. The molecule has 30 heavy (non-hydrogen) atoms. The van der Waals surface area contributed by atoms with Crippen molar-refractivity contribution in [3.05, 3.63) is 78.0 Å². The second kappa shape index (κ2) is 10.8. The molecule has 0 aliphatic rings. The van der Waals surface area contributed by atoms with Crippen LogP contribution in [0.1, 0.15) is 24.1 Å². The lowest BCUT2D eigenvalue weighted by atomic mass is 10.0. The summed E-state index contributed by atoms with van der Waals surface area (Å²) in [5, 5.41) is 6.77. The summed E-state index contributed by atoms with van der Waals surface area (Å²) in [6.45, 7) is 4.80. The van der Waals surface area contributed by atoms with E-state index in [0.29, 0.717) is 0 Å². The van der Waals surface area contributed by atoms with Crippen molar-refractivity contribution in [2.24, 2.45) is 0 Å². The van der Waals surface area contributed by atoms with Gasteiger partial charge in [0.15, 0.2) is 0 Å². The lowest BCUT2D eigenvalue weighted by Crippen LogP contribution is -2.27. The minimum Gasteiger partial charge on any atom is -0.496 e. The van der Waals surface area contributed by atoms with E-state index in [1.165, 1.54) is 11.1 Å². The Morgan fingerprint density at radius 1 is 1.07 bits per heavy atom. The van der Waals surface area contributed by atoms with Crippen LogP contribution in [0, 0.1) is 0 Å². The Morgan fingerprint density at radius 3 is 2.53 bits per heavy atom. The number of hydrogen-bond donors (Lipinski definition) is 2. The topological polar surface area (TPSA) is 49.4 Å². The highest BCUT2D eigenvalue weighted by Crippen LogP contribution is 2.31. The van der Waals surface area contributed by atoms with Gasteiger partial charge in [0, 0.05) is 50.0 Å². The normalized spacial score (nSPS) is 11.9. The second-order valence-corrected chi connectivity index (χ2v) is 7.48. The van der Waals surface area contributed by atoms with Crippen molar-refractivity contribution in [1.82, 2.24) is 15.6 Å². The van der Waals surface area contributed by atoms with Crippen LogP contribution >= 0.6 is 0 Å². The molecule has 2 N–H and O–H groups in total. The van der Waals surface area contributed by atoms with Crippen LogP contribution in [0.2, 0.25) is 0 Å². The molecule has 5 nitrogen and oxygen atoms in total. The first kappa shape index (κ1) is 21.8. The number of hydrogen-bond acceptors (Lipinski definition) is 5. The highest BCUT2D eigenvalue weighted by Gasteiger charge is 2.10. The molecule has 0 unspecified atom stereocenters. The summed E-state index contributed by atoms with van der Waals surface area (Å²) in [4.78, 5) is 6.80. The lowest BCUT2D eigenvalue weighted by Gasteiger charge is -2.18. The van der Waals surface area contributed by atoms with Crippen LogP contribution in [-0.4, -0.2) is 39.3 Å². The highest BCUT2D eigenvalue weighted by molar-refractivity contribution is 5.71. The summed E-state index contributed by atoms with van der Waals surface area (Å²) in [7, 11) is 5.72. The maximum Gasteiger partial charge on any atom is 0.128 e. The van der Waals surface area contributed by atoms with Gasteiger partial charge in [0.05, 0.1) is 7.11 Å². The Kier molecular flexibility index (Phi) is 7.82. The average molecular weight is 405 g/mol. The highest BCUT2D eigenvalue weighted by atomic mass is 16.5. The molecule has 158 valence electrons. The number of pyridine rings is 1. The van der Waals surface area contributed by atoms with E-state index in [9.17, 15) is 0 Å².